The van der Waals surface area contributed by atoms with E-state index in [0.29, 0.717) is 0 Å². The van der Waals surface area contributed by atoms with Crippen LogP contribution in [0.5, 0.6) is 0 Å². The van der Waals surface area contributed by atoms with E-state index in [1.165, 1.54) is 5.56 Å². The Labute approximate surface area is 85.6 Å². The van der Waals surface area contributed by atoms with Gasteiger partial charge in [0.05, 0.1) is 6.07 Å². The molecule has 0 bridgehead atoms. The highest BCUT2D eigenvalue weighted by Crippen LogP contribution is 2.12. The third-order valence-corrected chi connectivity index (χ3v) is 2.24. The van der Waals surface area contributed by atoms with Crippen LogP contribution in [0.25, 0.3) is 0 Å². The molecule has 2 heteroatoms. The molecule has 1 rings (SSSR count). The summed E-state index contributed by atoms with van der Waals surface area (Å²) in [5.41, 5.74) is 2.33. The fraction of sp³-hybridized carbons (Fsp3) is 0.417. The van der Waals surface area contributed by atoms with Crippen LogP contribution in [0, 0.1) is 11.3 Å². The fourth-order valence-corrected chi connectivity index (χ4v) is 1.31. The number of rotatable bonds is 4. The topological polar surface area (TPSA) is 35.8 Å². The first-order valence-electron chi connectivity index (χ1n) is 5.05. The number of nitriles is 1. The van der Waals surface area contributed by atoms with Crippen LogP contribution in [-0.4, -0.2) is 6.04 Å². The molecule has 1 aromatic rings. The molecule has 1 aromatic carbocycles. The van der Waals surface area contributed by atoms with Crippen LogP contribution >= 0.6 is 0 Å². The van der Waals surface area contributed by atoms with Gasteiger partial charge in [-0.2, -0.15) is 5.26 Å². The highest BCUT2D eigenvalue weighted by Gasteiger charge is 2.03. The number of aryl methyl sites for hydroxylation is 1. The predicted molar refractivity (Wildman–Crippen MR) is 59.1 cm³/mol. The van der Waals surface area contributed by atoms with Crippen molar-refractivity contribution in [1.82, 2.24) is 0 Å². The van der Waals surface area contributed by atoms with E-state index in [1.807, 2.05) is 19.1 Å². The van der Waals surface area contributed by atoms with Crippen LogP contribution < -0.4 is 5.32 Å². The number of benzene rings is 1. The lowest BCUT2D eigenvalue weighted by Crippen LogP contribution is -2.15. The lowest BCUT2D eigenvalue weighted by atomic mass is 10.1. The Morgan fingerprint density at radius 3 is 2.79 bits per heavy atom. The summed E-state index contributed by atoms with van der Waals surface area (Å²) in [5.74, 6) is 0. The first-order valence-corrected chi connectivity index (χ1v) is 5.05. The lowest BCUT2D eigenvalue weighted by Gasteiger charge is -2.11. The monoisotopic (exact) mass is 188 g/mol. The Hall–Kier alpha value is -1.49. The second-order valence-corrected chi connectivity index (χ2v) is 3.29. The van der Waals surface area contributed by atoms with Crippen molar-refractivity contribution < 1.29 is 0 Å². The van der Waals surface area contributed by atoms with E-state index in [-0.39, 0.29) is 6.04 Å². The molecule has 0 amide bonds. The summed E-state index contributed by atoms with van der Waals surface area (Å²) in [4.78, 5) is 0. The molecule has 1 atom stereocenters. The molecule has 1 unspecified atom stereocenters. The smallest absolute Gasteiger partial charge is 0.114 e. The summed E-state index contributed by atoms with van der Waals surface area (Å²) in [5, 5.41) is 12.0. The van der Waals surface area contributed by atoms with Gasteiger partial charge in [-0.3, -0.25) is 0 Å². The van der Waals surface area contributed by atoms with Crippen molar-refractivity contribution in [3.05, 3.63) is 29.8 Å². The molecule has 0 radical (unpaired) electrons. The van der Waals surface area contributed by atoms with E-state index < -0.39 is 0 Å². The lowest BCUT2D eigenvalue weighted by molar-refractivity contribution is 0.845. The van der Waals surface area contributed by atoms with Gasteiger partial charge in [0.15, 0.2) is 0 Å². The van der Waals surface area contributed by atoms with Crippen molar-refractivity contribution in [3.8, 4) is 6.07 Å². The summed E-state index contributed by atoms with van der Waals surface area (Å²) in [6, 6.07) is 10.4. The van der Waals surface area contributed by atoms with Gasteiger partial charge in [0.2, 0.25) is 0 Å². The van der Waals surface area contributed by atoms with Crippen molar-refractivity contribution >= 4 is 5.69 Å². The third-order valence-electron chi connectivity index (χ3n) is 2.24. The highest BCUT2D eigenvalue weighted by atomic mass is 14.9. The maximum Gasteiger partial charge on any atom is 0.114 e. The van der Waals surface area contributed by atoms with Crippen molar-refractivity contribution in [1.29, 1.82) is 5.26 Å². The van der Waals surface area contributed by atoms with Gasteiger partial charge in [0, 0.05) is 5.69 Å². The van der Waals surface area contributed by atoms with Gasteiger partial charge in [0.1, 0.15) is 6.04 Å². The molecule has 74 valence electrons. The second-order valence-electron chi connectivity index (χ2n) is 3.29. The zero-order chi connectivity index (χ0) is 10.4. The average molecular weight is 188 g/mol. The van der Waals surface area contributed by atoms with Gasteiger partial charge in [-0.05, 0) is 30.5 Å². The fourth-order valence-electron chi connectivity index (χ4n) is 1.31. The maximum absolute atomic E-state index is 8.80. The standard InChI is InChI=1S/C12H16N2/c1-3-10-6-5-7-12(8-10)14-11(4-2)9-13/h5-8,11,14H,3-4H2,1-2H3. The van der Waals surface area contributed by atoms with Crippen molar-refractivity contribution in [2.75, 3.05) is 5.32 Å². The maximum atomic E-state index is 8.80. The van der Waals surface area contributed by atoms with Gasteiger partial charge < -0.3 is 5.32 Å². The van der Waals surface area contributed by atoms with E-state index in [0.717, 1.165) is 18.5 Å². The van der Waals surface area contributed by atoms with E-state index in [2.05, 4.69) is 30.4 Å². The largest absolute Gasteiger partial charge is 0.370 e. The molecule has 0 fully saturated rings. The van der Waals surface area contributed by atoms with Gasteiger partial charge in [0.25, 0.3) is 0 Å². The minimum atomic E-state index is -0.0814. The van der Waals surface area contributed by atoms with Crippen LogP contribution in [0.4, 0.5) is 5.69 Å². The molecule has 0 aliphatic heterocycles. The Balaban J connectivity index is 2.71. The molecule has 0 saturated carbocycles. The van der Waals surface area contributed by atoms with Gasteiger partial charge in [-0.15, -0.1) is 0 Å². The van der Waals surface area contributed by atoms with E-state index >= 15 is 0 Å². The van der Waals surface area contributed by atoms with Gasteiger partial charge in [-0.1, -0.05) is 26.0 Å². The van der Waals surface area contributed by atoms with Crippen LogP contribution in [0.1, 0.15) is 25.8 Å². The normalized spacial score (nSPS) is 11.8. The summed E-state index contributed by atoms with van der Waals surface area (Å²) in [6.45, 7) is 4.13. The Kier molecular flexibility index (Phi) is 4.00. The molecule has 0 aliphatic carbocycles. The molecular formula is C12H16N2. The molecule has 1 N–H and O–H groups in total. The molecule has 2 nitrogen and oxygen atoms in total. The zero-order valence-electron chi connectivity index (χ0n) is 8.75. The Morgan fingerprint density at radius 2 is 2.21 bits per heavy atom. The van der Waals surface area contributed by atoms with E-state index in [9.17, 15) is 0 Å². The van der Waals surface area contributed by atoms with Crippen LogP contribution in [0.3, 0.4) is 0 Å². The first kappa shape index (κ1) is 10.6. The van der Waals surface area contributed by atoms with Crippen molar-refractivity contribution in [3.63, 3.8) is 0 Å². The number of nitrogens with zero attached hydrogens (tertiary/aromatic N) is 1. The molecule has 0 spiro atoms. The minimum Gasteiger partial charge on any atom is -0.370 e. The average Bonchev–Trinajstić information content (AvgIpc) is 2.26. The molecule has 0 saturated heterocycles. The molecule has 14 heavy (non-hydrogen) atoms. The number of anilines is 1. The van der Waals surface area contributed by atoms with Gasteiger partial charge >= 0.3 is 0 Å². The van der Waals surface area contributed by atoms with E-state index in [4.69, 9.17) is 5.26 Å². The Bertz CT molecular complexity index is 325. The minimum absolute atomic E-state index is 0.0814. The zero-order valence-corrected chi connectivity index (χ0v) is 8.75. The predicted octanol–water partition coefficient (Wildman–Crippen LogP) is 2.96. The molecule has 0 aliphatic rings. The summed E-state index contributed by atoms with van der Waals surface area (Å²) in [7, 11) is 0. The Morgan fingerprint density at radius 1 is 1.43 bits per heavy atom. The summed E-state index contributed by atoms with van der Waals surface area (Å²) < 4.78 is 0. The second kappa shape index (κ2) is 5.29. The number of hydrogen-bond donors (Lipinski definition) is 1. The first-order chi connectivity index (χ1) is 6.80. The van der Waals surface area contributed by atoms with Crippen LogP contribution in [-0.2, 0) is 6.42 Å². The molecular weight excluding hydrogens is 172 g/mol. The van der Waals surface area contributed by atoms with E-state index in [1.54, 1.807) is 0 Å². The van der Waals surface area contributed by atoms with Crippen molar-refractivity contribution in [2.45, 2.75) is 32.7 Å². The summed E-state index contributed by atoms with van der Waals surface area (Å²) >= 11 is 0. The summed E-state index contributed by atoms with van der Waals surface area (Å²) in [6.07, 6.45) is 1.85. The quantitative estimate of drug-likeness (QED) is 0.788. The van der Waals surface area contributed by atoms with Gasteiger partial charge in [-0.25, -0.2) is 0 Å². The van der Waals surface area contributed by atoms with Crippen LogP contribution in [0.15, 0.2) is 24.3 Å². The van der Waals surface area contributed by atoms with Crippen molar-refractivity contribution in [2.24, 2.45) is 0 Å². The number of nitrogens with one attached hydrogen (secondary N) is 1. The highest BCUT2D eigenvalue weighted by molar-refractivity contribution is 5.47. The number of hydrogen-bond acceptors (Lipinski definition) is 2. The SMILES string of the molecule is CCc1cccc(NC(C#N)CC)c1. The molecule has 0 heterocycles. The van der Waals surface area contributed by atoms with Crippen LogP contribution in [0.2, 0.25) is 0 Å². The molecule has 0 aromatic heterocycles. The third kappa shape index (κ3) is 2.77.